The molecular formula is C52H54N8O7. The lowest BCUT2D eigenvalue weighted by molar-refractivity contribution is -0.138. The van der Waals surface area contributed by atoms with Crippen molar-refractivity contribution in [3.63, 3.8) is 0 Å². The Bertz CT molecular complexity index is 3050. The average molecular weight is 903 g/mol. The van der Waals surface area contributed by atoms with Crippen molar-refractivity contribution in [3.8, 4) is 23.5 Å². The largest absolute Gasteiger partial charge is 0.453 e. The minimum Gasteiger partial charge on any atom is -0.453 e. The summed E-state index contributed by atoms with van der Waals surface area (Å²) in [5, 5.41) is 9.56. The normalized spacial score (nSPS) is 19.3. The number of hydrogen-bond acceptors (Lipinski definition) is 9. The van der Waals surface area contributed by atoms with Crippen LogP contribution in [0.25, 0.3) is 54.7 Å². The fraction of sp³-hybridized carbons (Fsp3) is 0.346. The summed E-state index contributed by atoms with van der Waals surface area (Å²) in [4.78, 5) is 74.3. The highest BCUT2D eigenvalue weighted by Crippen LogP contribution is 2.40. The number of carbonyl (C=O) groups is 4. The van der Waals surface area contributed by atoms with E-state index >= 15 is 0 Å². The third kappa shape index (κ3) is 8.78. The number of aromatic amines is 2. The van der Waals surface area contributed by atoms with Crippen LogP contribution in [0, 0.1) is 30.1 Å². The van der Waals surface area contributed by atoms with Crippen LogP contribution in [-0.4, -0.2) is 107 Å². The van der Waals surface area contributed by atoms with Gasteiger partial charge in [0.1, 0.15) is 30.3 Å². The maximum absolute atomic E-state index is 14.5. The SMILES string of the molecule is C#C[C@H]1C[C@@H](c2nc3c(ccc4cc(-c5ccc6c(ccc7[nH]c([C@@H]8C[C@H](COC)CN8C(=O)[C@H](NC(=O)COC)c8ccccc8)nc76)c5)ccc43)[nH]2)N(C(=O)[C@@H](NC(=O)OC)C(C)C)C1. The highest BCUT2D eigenvalue weighted by molar-refractivity contribution is 6.07. The standard InChI is InChI=1S/C52H54N8O7/c1-7-30-21-41(59(25-30)50(62)44(29(2)3)58-52(64)67-6)48-53-39-19-15-35-23-33(13-17-37(35)46(39)56-48)34-14-18-38-36(24-34)16-20-40-47(38)57-49(54-40)42-22-31(27-65-4)26-60(42)51(63)45(55-43(61)28-66-5)32-11-9-8-10-12-32/h1,8-20,23-24,29-31,41-42,44-45H,21-22,25-28H2,2-6H3,(H,53,56)(H,54,57)(H,55,61)(H,58,64)/t30-,31-,41-,42-,44-,45+/m0/s1. The van der Waals surface area contributed by atoms with E-state index in [2.05, 4.69) is 75.1 Å². The first kappa shape index (κ1) is 44.9. The van der Waals surface area contributed by atoms with E-state index in [4.69, 9.17) is 30.6 Å². The Labute approximate surface area is 387 Å². The van der Waals surface area contributed by atoms with E-state index in [9.17, 15) is 19.2 Å². The fourth-order valence-electron chi connectivity index (χ4n) is 9.87. The number of hydrogen-bond donors (Lipinski definition) is 4. The summed E-state index contributed by atoms with van der Waals surface area (Å²) in [5.74, 6) is 3.03. The lowest BCUT2D eigenvalue weighted by atomic mass is 9.98. The maximum atomic E-state index is 14.5. The van der Waals surface area contributed by atoms with Crippen molar-refractivity contribution in [3.05, 3.63) is 108 Å². The Morgan fingerprint density at radius 1 is 0.746 bits per heavy atom. The number of rotatable bonds is 13. The average Bonchev–Trinajstić information content (AvgIpc) is 4.17. The van der Waals surface area contributed by atoms with Crippen LogP contribution in [0.4, 0.5) is 4.79 Å². The van der Waals surface area contributed by atoms with E-state index in [0.717, 1.165) is 54.7 Å². The van der Waals surface area contributed by atoms with Crippen molar-refractivity contribution < 1.29 is 33.4 Å². The second-order valence-corrected chi connectivity index (χ2v) is 17.9. The van der Waals surface area contributed by atoms with Gasteiger partial charge in [-0.1, -0.05) is 80.6 Å². The van der Waals surface area contributed by atoms with Crippen LogP contribution in [0.15, 0.2) is 91.0 Å². The summed E-state index contributed by atoms with van der Waals surface area (Å²) >= 11 is 0. The summed E-state index contributed by atoms with van der Waals surface area (Å²) in [5.41, 5.74) is 6.05. The molecule has 2 fully saturated rings. The van der Waals surface area contributed by atoms with Gasteiger partial charge in [-0.15, -0.1) is 12.3 Å². The Morgan fingerprint density at radius 2 is 1.34 bits per heavy atom. The van der Waals surface area contributed by atoms with E-state index in [1.807, 2.05) is 61.2 Å². The zero-order valence-corrected chi connectivity index (χ0v) is 38.2. The van der Waals surface area contributed by atoms with Crippen LogP contribution in [0.3, 0.4) is 0 Å². The molecule has 15 nitrogen and oxygen atoms in total. The number of nitrogens with one attached hydrogen (secondary N) is 4. The Hall–Kier alpha value is -7.28. The molecular weight excluding hydrogens is 849 g/mol. The van der Waals surface area contributed by atoms with Crippen molar-refractivity contribution in [1.82, 2.24) is 40.4 Å². The second kappa shape index (κ2) is 18.9. The lowest BCUT2D eigenvalue weighted by Crippen LogP contribution is -2.51. The van der Waals surface area contributed by atoms with Crippen molar-refractivity contribution in [2.45, 2.75) is 50.9 Å². The van der Waals surface area contributed by atoms with Gasteiger partial charge in [-0.25, -0.2) is 14.8 Å². The predicted octanol–water partition coefficient (Wildman–Crippen LogP) is 7.36. The van der Waals surface area contributed by atoms with Crippen molar-refractivity contribution >= 4 is 67.4 Å². The molecule has 0 aliphatic carbocycles. The molecule has 2 aromatic heterocycles. The molecule has 0 bridgehead atoms. The molecule has 4 amide bonds. The van der Waals surface area contributed by atoms with Gasteiger partial charge in [-0.2, -0.15) is 0 Å². The van der Waals surface area contributed by atoms with Crippen LogP contribution in [0.2, 0.25) is 0 Å². The number of aromatic nitrogens is 4. The van der Waals surface area contributed by atoms with Gasteiger partial charge in [-0.05, 0) is 70.5 Å². The number of ether oxygens (including phenoxy) is 3. The van der Waals surface area contributed by atoms with E-state index in [1.54, 1.807) is 12.0 Å². The molecule has 2 aliphatic heterocycles. The van der Waals surface area contributed by atoms with Crippen molar-refractivity contribution in [2.24, 2.45) is 17.8 Å². The molecule has 0 unspecified atom stereocenters. The molecule has 67 heavy (non-hydrogen) atoms. The number of amides is 4. The molecule has 4 N–H and O–H groups in total. The quantitative estimate of drug-likeness (QED) is 0.0860. The highest BCUT2D eigenvalue weighted by Gasteiger charge is 2.43. The second-order valence-electron chi connectivity index (χ2n) is 17.9. The number of fused-ring (bicyclic) bond motifs is 6. The molecule has 7 aromatic rings. The van der Waals surface area contributed by atoms with Gasteiger partial charge in [0.25, 0.3) is 0 Å². The van der Waals surface area contributed by atoms with Crippen molar-refractivity contribution in [1.29, 1.82) is 0 Å². The maximum Gasteiger partial charge on any atom is 0.407 e. The zero-order valence-electron chi connectivity index (χ0n) is 38.2. The molecule has 0 radical (unpaired) electrons. The third-order valence-electron chi connectivity index (χ3n) is 13.2. The first-order valence-corrected chi connectivity index (χ1v) is 22.6. The zero-order chi connectivity index (χ0) is 46.9. The van der Waals surface area contributed by atoms with Crippen LogP contribution in [0.1, 0.15) is 62.0 Å². The topological polar surface area (TPSA) is 184 Å². The number of likely N-dealkylation sites (tertiary alicyclic amines) is 2. The number of nitrogens with zero attached hydrogens (tertiary/aromatic N) is 4. The number of benzene rings is 5. The number of alkyl carbamates (subject to hydrolysis) is 1. The van der Waals surface area contributed by atoms with Crippen LogP contribution in [-0.2, 0) is 28.6 Å². The molecule has 2 aliphatic rings. The van der Waals surface area contributed by atoms with Crippen molar-refractivity contribution in [2.75, 3.05) is 47.6 Å². The minimum atomic E-state index is -0.904. The summed E-state index contributed by atoms with van der Waals surface area (Å²) in [7, 11) is 4.38. The van der Waals surface area contributed by atoms with E-state index in [-0.39, 0.29) is 48.1 Å². The molecule has 0 saturated carbocycles. The van der Waals surface area contributed by atoms with E-state index < -0.39 is 24.2 Å². The summed E-state index contributed by atoms with van der Waals surface area (Å²) in [6.07, 6.45) is 6.41. The minimum absolute atomic E-state index is 0.0708. The number of terminal acetylenes is 1. The summed E-state index contributed by atoms with van der Waals surface area (Å²) in [6, 6.07) is 27.7. The summed E-state index contributed by atoms with van der Waals surface area (Å²) in [6.45, 7) is 4.87. The Balaban J connectivity index is 0.995. The molecule has 5 aromatic carbocycles. The molecule has 344 valence electrons. The number of carbonyl (C=O) groups excluding carboxylic acids is 4. The van der Waals surface area contributed by atoms with Gasteiger partial charge in [0.15, 0.2) is 0 Å². The van der Waals surface area contributed by atoms with Gasteiger partial charge in [-0.3, -0.25) is 14.4 Å². The highest BCUT2D eigenvalue weighted by atomic mass is 16.5. The number of methoxy groups -OCH3 is 3. The first-order chi connectivity index (χ1) is 32.5. The number of imidazole rings is 2. The molecule has 0 spiro atoms. The van der Waals surface area contributed by atoms with Crippen LogP contribution in [0.5, 0.6) is 0 Å². The molecule has 2 saturated heterocycles. The van der Waals surface area contributed by atoms with Gasteiger partial charge < -0.3 is 44.6 Å². The van der Waals surface area contributed by atoms with Gasteiger partial charge in [0.2, 0.25) is 17.7 Å². The molecule has 6 atom stereocenters. The molecule has 15 heteroatoms. The third-order valence-corrected chi connectivity index (χ3v) is 13.2. The van der Waals surface area contributed by atoms with E-state index in [1.165, 1.54) is 14.2 Å². The molecule has 4 heterocycles. The fourth-order valence-corrected chi connectivity index (χ4v) is 9.87. The summed E-state index contributed by atoms with van der Waals surface area (Å²) < 4.78 is 15.4. The van der Waals surface area contributed by atoms with E-state index in [0.29, 0.717) is 49.8 Å². The Morgan fingerprint density at radius 3 is 1.90 bits per heavy atom. The van der Waals surface area contributed by atoms with Gasteiger partial charge in [0, 0.05) is 49.9 Å². The monoisotopic (exact) mass is 902 g/mol. The number of H-pyrrole nitrogens is 2. The lowest BCUT2D eigenvalue weighted by Gasteiger charge is -2.29. The van der Waals surface area contributed by atoms with Crippen LogP contribution < -0.4 is 10.6 Å². The molecule has 9 rings (SSSR count). The Kier molecular flexibility index (Phi) is 12.7. The van der Waals surface area contributed by atoms with Gasteiger partial charge >= 0.3 is 6.09 Å². The van der Waals surface area contributed by atoms with Gasteiger partial charge in [0.05, 0.1) is 47.9 Å². The smallest absolute Gasteiger partial charge is 0.407 e. The first-order valence-electron chi connectivity index (χ1n) is 22.6. The predicted molar refractivity (Wildman–Crippen MR) is 255 cm³/mol. The van der Waals surface area contributed by atoms with Crippen LogP contribution >= 0.6 is 0 Å².